The summed E-state index contributed by atoms with van der Waals surface area (Å²) >= 11 is 0. The third-order valence-corrected chi connectivity index (χ3v) is 3.10. The largest absolute Gasteiger partial charge is 0.488 e. The van der Waals surface area contributed by atoms with E-state index < -0.39 is 5.82 Å². The van der Waals surface area contributed by atoms with Crippen LogP contribution in [0.4, 0.5) is 9.18 Å². The van der Waals surface area contributed by atoms with Gasteiger partial charge in [0, 0.05) is 19.6 Å². The molecular formula is C15H21FN2O3. The van der Waals surface area contributed by atoms with Gasteiger partial charge in [-0.05, 0) is 31.5 Å². The van der Waals surface area contributed by atoms with Crippen LogP contribution < -0.4 is 10.1 Å². The lowest BCUT2D eigenvalue weighted by molar-refractivity contribution is 0.0531. The van der Waals surface area contributed by atoms with E-state index in [1.54, 1.807) is 17.0 Å². The van der Waals surface area contributed by atoms with Crippen molar-refractivity contribution >= 4 is 6.03 Å². The van der Waals surface area contributed by atoms with Crippen molar-refractivity contribution in [1.82, 2.24) is 10.2 Å². The molecule has 0 atom stereocenters. The number of halogens is 1. The monoisotopic (exact) mass is 296 g/mol. The molecule has 6 heteroatoms. The summed E-state index contributed by atoms with van der Waals surface area (Å²) in [5.41, 5.74) is 0.699. The molecule has 116 valence electrons. The highest BCUT2D eigenvalue weighted by atomic mass is 19.1. The molecule has 1 N–H and O–H groups in total. The second kappa shape index (κ2) is 7.26. The average molecular weight is 296 g/mol. The number of morpholine rings is 1. The van der Waals surface area contributed by atoms with E-state index in [2.05, 4.69) is 5.32 Å². The number of hydrogen-bond donors (Lipinski definition) is 1. The fourth-order valence-corrected chi connectivity index (χ4v) is 2.06. The van der Waals surface area contributed by atoms with Crippen LogP contribution in [0.3, 0.4) is 0 Å². The number of urea groups is 1. The quantitative estimate of drug-likeness (QED) is 0.926. The van der Waals surface area contributed by atoms with Crippen LogP contribution in [-0.2, 0) is 11.3 Å². The molecule has 0 unspecified atom stereocenters. The van der Waals surface area contributed by atoms with Crippen molar-refractivity contribution in [1.29, 1.82) is 0 Å². The molecule has 1 aliphatic heterocycles. The van der Waals surface area contributed by atoms with E-state index in [0.29, 0.717) is 31.9 Å². The highest BCUT2D eigenvalue weighted by Gasteiger charge is 2.16. The Bertz CT molecular complexity index is 488. The number of carbonyl (C=O) groups is 1. The van der Waals surface area contributed by atoms with Gasteiger partial charge in [-0.2, -0.15) is 0 Å². The van der Waals surface area contributed by atoms with E-state index in [1.807, 2.05) is 13.8 Å². The first-order valence-electron chi connectivity index (χ1n) is 7.12. The van der Waals surface area contributed by atoms with Crippen LogP contribution in [0.15, 0.2) is 18.2 Å². The third-order valence-electron chi connectivity index (χ3n) is 3.10. The number of amides is 2. The molecule has 1 aromatic rings. The zero-order valence-electron chi connectivity index (χ0n) is 12.4. The molecule has 0 aromatic heterocycles. The van der Waals surface area contributed by atoms with Gasteiger partial charge in [-0.15, -0.1) is 0 Å². The lowest BCUT2D eigenvalue weighted by Crippen LogP contribution is -2.45. The first-order chi connectivity index (χ1) is 10.1. The highest BCUT2D eigenvalue weighted by Crippen LogP contribution is 2.19. The summed E-state index contributed by atoms with van der Waals surface area (Å²) in [6.07, 6.45) is -0.0774. The van der Waals surface area contributed by atoms with Crippen LogP contribution in [0.1, 0.15) is 19.4 Å². The number of carbonyl (C=O) groups excluding carboxylic acids is 1. The summed E-state index contributed by atoms with van der Waals surface area (Å²) in [6.45, 7) is 6.26. The number of hydrogen-bond acceptors (Lipinski definition) is 3. The van der Waals surface area contributed by atoms with Crippen molar-refractivity contribution in [3.63, 3.8) is 0 Å². The van der Waals surface area contributed by atoms with Gasteiger partial charge in [-0.1, -0.05) is 6.07 Å². The Morgan fingerprint density at radius 2 is 2.14 bits per heavy atom. The molecule has 21 heavy (non-hydrogen) atoms. The molecular weight excluding hydrogens is 275 g/mol. The normalized spacial score (nSPS) is 15.1. The number of nitrogens with zero attached hydrogens (tertiary/aromatic N) is 1. The van der Waals surface area contributed by atoms with Gasteiger partial charge in [0.1, 0.15) is 0 Å². The summed E-state index contributed by atoms with van der Waals surface area (Å²) in [7, 11) is 0. The Kier molecular flexibility index (Phi) is 5.38. The van der Waals surface area contributed by atoms with E-state index in [0.717, 1.165) is 0 Å². The zero-order valence-corrected chi connectivity index (χ0v) is 12.4. The molecule has 2 amide bonds. The second-order valence-corrected chi connectivity index (χ2v) is 5.19. The van der Waals surface area contributed by atoms with Gasteiger partial charge in [0.2, 0.25) is 0 Å². The molecule has 1 heterocycles. The summed E-state index contributed by atoms with van der Waals surface area (Å²) in [5, 5.41) is 2.78. The maximum absolute atomic E-state index is 13.8. The van der Waals surface area contributed by atoms with Crippen molar-refractivity contribution in [3.8, 4) is 5.75 Å². The lowest BCUT2D eigenvalue weighted by atomic mass is 10.2. The van der Waals surface area contributed by atoms with Gasteiger partial charge < -0.3 is 19.7 Å². The second-order valence-electron chi connectivity index (χ2n) is 5.19. The molecule has 0 saturated carbocycles. The lowest BCUT2D eigenvalue weighted by Gasteiger charge is -2.26. The van der Waals surface area contributed by atoms with Gasteiger partial charge in [0.15, 0.2) is 11.6 Å². The minimum absolute atomic E-state index is 0.0774. The number of ether oxygens (including phenoxy) is 2. The van der Waals surface area contributed by atoms with Gasteiger partial charge in [0.05, 0.1) is 19.3 Å². The predicted octanol–water partition coefficient (Wildman–Crippen LogP) is 2.15. The van der Waals surface area contributed by atoms with Crippen molar-refractivity contribution in [3.05, 3.63) is 29.6 Å². The molecule has 0 aliphatic carbocycles. The van der Waals surface area contributed by atoms with Crippen LogP contribution in [0.2, 0.25) is 0 Å². The van der Waals surface area contributed by atoms with Crippen LogP contribution in [0.5, 0.6) is 5.75 Å². The molecule has 1 fully saturated rings. The standard InChI is InChI=1S/C15H21FN2O3/c1-11(2)21-14-4-3-12(9-13(14)16)10-17-15(19)18-5-7-20-8-6-18/h3-4,9,11H,5-8,10H2,1-2H3,(H,17,19). The van der Waals surface area contributed by atoms with Crippen molar-refractivity contribution in [2.24, 2.45) is 0 Å². The van der Waals surface area contributed by atoms with Crippen molar-refractivity contribution < 1.29 is 18.7 Å². The van der Waals surface area contributed by atoms with Crippen molar-refractivity contribution in [2.45, 2.75) is 26.5 Å². The molecule has 0 spiro atoms. The summed E-state index contributed by atoms with van der Waals surface area (Å²) in [5.74, 6) is -0.185. The zero-order chi connectivity index (χ0) is 15.2. The minimum atomic E-state index is -0.415. The van der Waals surface area contributed by atoms with Gasteiger partial charge >= 0.3 is 6.03 Å². The molecule has 1 aromatic carbocycles. The fourth-order valence-electron chi connectivity index (χ4n) is 2.06. The van der Waals surface area contributed by atoms with E-state index in [4.69, 9.17) is 9.47 Å². The fraction of sp³-hybridized carbons (Fsp3) is 0.533. The van der Waals surface area contributed by atoms with E-state index in [1.165, 1.54) is 6.07 Å². The number of nitrogens with one attached hydrogen (secondary N) is 1. The SMILES string of the molecule is CC(C)Oc1ccc(CNC(=O)N2CCOCC2)cc1F. The molecule has 0 radical (unpaired) electrons. The average Bonchev–Trinajstić information content (AvgIpc) is 2.48. The summed E-state index contributed by atoms with van der Waals surface area (Å²) in [4.78, 5) is 13.6. The molecule has 5 nitrogen and oxygen atoms in total. The first-order valence-corrected chi connectivity index (χ1v) is 7.12. The Hall–Kier alpha value is -1.82. The topological polar surface area (TPSA) is 50.8 Å². The maximum Gasteiger partial charge on any atom is 0.317 e. The van der Waals surface area contributed by atoms with Gasteiger partial charge in [-0.25, -0.2) is 9.18 Å². The van der Waals surface area contributed by atoms with Gasteiger partial charge in [0.25, 0.3) is 0 Å². The van der Waals surface area contributed by atoms with Crippen LogP contribution in [0.25, 0.3) is 0 Å². The number of rotatable bonds is 4. The van der Waals surface area contributed by atoms with Gasteiger partial charge in [-0.3, -0.25) is 0 Å². The third kappa shape index (κ3) is 4.60. The summed E-state index contributed by atoms with van der Waals surface area (Å²) < 4.78 is 24.3. The highest BCUT2D eigenvalue weighted by molar-refractivity contribution is 5.74. The van der Waals surface area contributed by atoms with E-state index >= 15 is 0 Å². The van der Waals surface area contributed by atoms with E-state index in [9.17, 15) is 9.18 Å². The smallest absolute Gasteiger partial charge is 0.317 e. The van der Waals surface area contributed by atoms with Crippen LogP contribution >= 0.6 is 0 Å². The summed E-state index contributed by atoms with van der Waals surface area (Å²) in [6, 6.07) is 4.57. The Balaban J connectivity index is 1.88. The Morgan fingerprint density at radius 3 is 2.76 bits per heavy atom. The molecule has 0 bridgehead atoms. The predicted molar refractivity (Wildman–Crippen MR) is 76.8 cm³/mol. The van der Waals surface area contributed by atoms with Crippen LogP contribution in [0, 0.1) is 5.82 Å². The number of benzene rings is 1. The Morgan fingerprint density at radius 1 is 1.43 bits per heavy atom. The maximum atomic E-state index is 13.8. The van der Waals surface area contributed by atoms with Crippen LogP contribution in [-0.4, -0.2) is 43.3 Å². The molecule has 1 saturated heterocycles. The first kappa shape index (κ1) is 15.6. The minimum Gasteiger partial charge on any atom is -0.488 e. The van der Waals surface area contributed by atoms with Crippen molar-refractivity contribution in [2.75, 3.05) is 26.3 Å². The molecule has 1 aliphatic rings. The van der Waals surface area contributed by atoms with E-state index in [-0.39, 0.29) is 24.4 Å². The Labute approximate surface area is 124 Å². The molecule has 2 rings (SSSR count).